The molecule has 5 rings (SSSR count). The Morgan fingerprint density at radius 3 is 2.58 bits per heavy atom. The molecule has 3 fully saturated rings. The number of aromatic nitrogens is 2. The summed E-state index contributed by atoms with van der Waals surface area (Å²) in [6, 6.07) is 5.92. The molecule has 0 spiro atoms. The molecule has 3 aliphatic rings. The maximum Gasteiger partial charge on any atom is 0.329 e. The van der Waals surface area contributed by atoms with E-state index >= 15 is 0 Å². The van der Waals surface area contributed by atoms with Gasteiger partial charge in [-0.25, -0.2) is 4.79 Å². The average Bonchev–Trinajstić information content (AvgIpc) is 3.00. The fourth-order valence-electron chi connectivity index (χ4n) is 5.16. The van der Waals surface area contributed by atoms with Gasteiger partial charge in [-0.05, 0) is 43.4 Å². The van der Waals surface area contributed by atoms with E-state index in [2.05, 4.69) is 15.5 Å². The van der Waals surface area contributed by atoms with Gasteiger partial charge in [-0.15, -0.1) is 12.4 Å². The summed E-state index contributed by atoms with van der Waals surface area (Å²) in [5.41, 5.74) is 2.37. The lowest BCUT2D eigenvalue weighted by atomic mass is 9.87. The first-order chi connectivity index (χ1) is 15.5. The van der Waals surface area contributed by atoms with Crippen molar-refractivity contribution in [1.29, 1.82) is 0 Å². The maximum atomic E-state index is 12.9. The second kappa shape index (κ2) is 9.97. The average molecular weight is 478 g/mol. The van der Waals surface area contributed by atoms with Gasteiger partial charge in [0.05, 0.1) is 23.7 Å². The van der Waals surface area contributed by atoms with E-state index < -0.39 is 11.9 Å². The van der Waals surface area contributed by atoms with Gasteiger partial charge in [-0.1, -0.05) is 6.07 Å². The zero-order valence-corrected chi connectivity index (χ0v) is 19.7. The van der Waals surface area contributed by atoms with Gasteiger partial charge in [0.2, 0.25) is 11.8 Å². The van der Waals surface area contributed by atoms with Gasteiger partial charge in [-0.2, -0.15) is 0 Å². The Bertz CT molecular complexity index is 1080. The van der Waals surface area contributed by atoms with E-state index in [1.807, 2.05) is 18.2 Å². The molecule has 33 heavy (non-hydrogen) atoms. The summed E-state index contributed by atoms with van der Waals surface area (Å²) in [4.78, 5) is 39.2. The van der Waals surface area contributed by atoms with E-state index in [1.54, 1.807) is 11.6 Å². The van der Waals surface area contributed by atoms with E-state index in [0.717, 1.165) is 62.0 Å². The molecule has 2 aliphatic heterocycles. The number of rotatable bonds is 6. The van der Waals surface area contributed by atoms with Crippen molar-refractivity contribution < 1.29 is 14.3 Å². The zero-order valence-electron chi connectivity index (χ0n) is 18.9. The number of amides is 2. The molecule has 2 saturated heterocycles. The van der Waals surface area contributed by atoms with Crippen LogP contribution < -0.4 is 16.3 Å². The molecular formula is C23H32ClN5O4. The summed E-state index contributed by atoms with van der Waals surface area (Å²) >= 11 is 0. The predicted octanol–water partition coefficient (Wildman–Crippen LogP) is 0.735. The number of piperidine rings is 1. The molecule has 1 saturated carbocycles. The van der Waals surface area contributed by atoms with Gasteiger partial charge in [-0.3, -0.25) is 28.9 Å². The number of nitrogens with one attached hydrogen (secondary N) is 2. The Labute approximate surface area is 198 Å². The van der Waals surface area contributed by atoms with Crippen LogP contribution in [0.3, 0.4) is 0 Å². The summed E-state index contributed by atoms with van der Waals surface area (Å²) < 4.78 is 9.19. The molecule has 1 aromatic carbocycles. The van der Waals surface area contributed by atoms with Crippen LogP contribution in [0, 0.1) is 0 Å². The number of benzene rings is 1. The third-order valence-electron chi connectivity index (χ3n) is 7.16. The van der Waals surface area contributed by atoms with Crippen molar-refractivity contribution in [2.45, 2.75) is 50.3 Å². The highest BCUT2D eigenvalue weighted by Crippen LogP contribution is 2.29. The highest BCUT2D eigenvalue weighted by atomic mass is 35.5. The van der Waals surface area contributed by atoms with Crippen LogP contribution in [0.25, 0.3) is 11.0 Å². The molecule has 2 N–H and O–H groups in total. The van der Waals surface area contributed by atoms with Crippen molar-refractivity contribution in [2.24, 2.45) is 7.05 Å². The molecule has 3 heterocycles. The van der Waals surface area contributed by atoms with Gasteiger partial charge >= 0.3 is 5.69 Å². The molecule has 1 aliphatic carbocycles. The lowest BCUT2D eigenvalue weighted by molar-refractivity contribution is -0.135. The van der Waals surface area contributed by atoms with Gasteiger partial charge < -0.3 is 10.1 Å². The summed E-state index contributed by atoms with van der Waals surface area (Å²) in [5.74, 6) is -0.694. The van der Waals surface area contributed by atoms with Crippen molar-refractivity contribution in [3.05, 3.63) is 34.2 Å². The molecule has 2 aromatic rings. The predicted molar refractivity (Wildman–Crippen MR) is 127 cm³/mol. The fraction of sp³-hybridized carbons (Fsp3) is 0.609. The van der Waals surface area contributed by atoms with Crippen molar-refractivity contribution in [2.75, 3.05) is 32.8 Å². The highest BCUT2D eigenvalue weighted by Gasteiger charge is 2.34. The first kappa shape index (κ1) is 23.9. The summed E-state index contributed by atoms with van der Waals surface area (Å²) in [5, 5.41) is 5.74. The third-order valence-corrected chi connectivity index (χ3v) is 7.16. The number of aryl methyl sites for hydroxylation is 1. The minimum atomic E-state index is -0.652. The van der Waals surface area contributed by atoms with Crippen LogP contribution in [0.2, 0.25) is 0 Å². The number of imidazole rings is 1. The van der Waals surface area contributed by atoms with E-state index in [-0.39, 0.29) is 30.4 Å². The molecule has 1 aromatic heterocycles. The Morgan fingerprint density at radius 1 is 1.09 bits per heavy atom. The highest BCUT2D eigenvalue weighted by molar-refractivity contribution is 6.00. The Balaban J connectivity index is 0.00000259. The van der Waals surface area contributed by atoms with Gasteiger partial charge in [0.15, 0.2) is 0 Å². The smallest absolute Gasteiger partial charge is 0.329 e. The SMILES string of the molecule is Cl.Cn1c(=O)n(C2CCC(=O)NC2=O)c2ccc(CCOC3CC(N4CCNCC4)C3)cc21. The van der Waals surface area contributed by atoms with Crippen molar-refractivity contribution in [1.82, 2.24) is 24.7 Å². The largest absolute Gasteiger partial charge is 0.378 e. The van der Waals surface area contributed by atoms with Crippen LogP contribution in [-0.2, 0) is 27.8 Å². The normalized spacial score (nSPS) is 26.0. The molecule has 9 nitrogen and oxygen atoms in total. The first-order valence-electron chi connectivity index (χ1n) is 11.6. The van der Waals surface area contributed by atoms with Crippen LogP contribution in [0.5, 0.6) is 0 Å². The molecule has 1 unspecified atom stereocenters. The topological polar surface area (TPSA) is 97.6 Å². The minimum absolute atomic E-state index is 0. The van der Waals surface area contributed by atoms with E-state index in [0.29, 0.717) is 25.2 Å². The Kier molecular flexibility index (Phi) is 7.23. The van der Waals surface area contributed by atoms with E-state index in [1.165, 1.54) is 4.57 Å². The second-order valence-corrected chi connectivity index (χ2v) is 9.16. The van der Waals surface area contributed by atoms with Crippen LogP contribution in [0.1, 0.15) is 37.3 Å². The molecule has 180 valence electrons. The molecule has 2 amide bonds. The first-order valence-corrected chi connectivity index (χ1v) is 11.6. The number of carbonyl (C=O) groups is 2. The maximum absolute atomic E-state index is 12.9. The summed E-state index contributed by atoms with van der Waals surface area (Å²) in [6.07, 6.45) is 3.94. The monoisotopic (exact) mass is 477 g/mol. The fourth-order valence-corrected chi connectivity index (χ4v) is 5.16. The van der Waals surface area contributed by atoms with E-state index in [4.69, 9.17) is 4.74 Å². The van der Waals surface area contributed by atoms with Crippen LogP contribution in [0.4, 0.5) is 0 Å². The van der Waals surface area contributed by atoms with Crippen molar-refractivity contribution in [3.63, 3.8) is 0 Å². The number of hydrogen-bond donors (Lipinski definition) is 2. The lowest BCUT2D eigenvalue weighted by Crippen LogP contribution is -2.54. The van der Waals surface area contributed by atoms with Crippen LogP contribution in [-0.4, -0.2) is 70.8 Å². The number of imide groups is 1. The number of nitrogens with zero attached hydrogens (tertiary/aromatic N) is 3. The Hall–Kier alpha value is -2.20. The minimum Gasteiger partial charge on any atom is -0.378 e. The summed E-state index contributed by atoms with van der Waals surface area (Å²) in [7, 11) is 1.72. The molecular weight excluding hydrogens is 446 g/mol. The number of fused-ring (bicyclic) bond motifs is 1. The Morgan fingerprint density at radius 2 is 1.85 bits per heavy atom. The van der Waals surface area contributed by atoms with Crippen LogP contribution >= 0.6 is 12.4 Å². The zero-order chi connectivity index (χ0) is 22.2. The lowest BCUT2D eigenvalue weighted by Gasteiger charge is -2.44. The van der Waals surface area contributed by atoms with Crippen LogP contribution in [0.15, 0.2) is 23.0 Å². The molecule has 10 heteroatoms. The van der Waals surface area contributed by atoms with E-state index in [9.17, 15) is 14.4 Å². The standard InChI is InChI=1S/C23H31N5O4.ClH/c1-26-20-12-15(6-11-32-17-13-16(14-17)27-9-7-24-8-10-27)2-3-18(20)28(23(26)31)19-4-5-21(29)25-22(19)30;/h2-3,12,16-17,19,24H,4-11,13-14H2,1H3,(H,25,29,30);1H. The third kappa shape index (κ3) is 4.73. The van der Waals surface area contributed by atoms with Crippen molar-refractivity contribution in [3.8, 4) is 0 Å². The number of piperazine rings is 1. The molecule has 1 atom stereocenters. The number of ether oxygens (including phenoxy) is 1. The van der Waals surface area contributed by atoms with Gasteiger partial charge in [0, 0.05) is 45.7 Å². The summed E-state index contributed by atoms with van der Waals surface area (Å²) in [6.45, 7) is 5.09. The molecule has 0 bridgehead atoms. The number of hydrogen-bond acceptors (Lipinski definition) is 6. The molecule has 0 radical (unpaired) electrons. The second-order valence-electron chi connectivity index (χ2n) is 9.16. The number of halogens is 1. The number of carbonyl (C=O) groups excluding carboxylic acids is 2. The van der Waals surface area contributed by atoms with Crippen molar-refractivity contribution >= 4 is 35.3 Å². The quantitative estimate of drug-likeness (QED) is 0.595. The van der Waals surface area contributed by atoms with Gasteiger partial charge in [0.1, 0.15) is 6.04 Å². The van der Waals surface area contributed by atoms with Gasteiger partial charge in [0.25, 0.3) is 0 Å².